The molecule has 0 aliphatic carbocycles. The Hall–Kier alpha value is -2.30. The van der Waals surface area contributed by atoms with Crippen molar-refractivity contribution in [3.05, 3.63) is 24.3 Å². The molecule has 0 radical (unpaired) electrons. The second kappa shape index (κ2) is 3.87. The first-order valence-corrected chi connectivity index (χ1v) is 5.70. The van der Waals surface area contributed by atoms with E-state index in [1.165, 1.54) is 0 Å². The Bertz CT molecular complexity index is 658. The van der Waals surface area contributed by atoms with Gasteiger partial charge >= 0.3 is 0 Å². The van der Waals surface area contributed by atoms with Crippen molar-refractivity contribution in [1.29, 1.82) is 0 Å². The summed E-state index contributed by atoms with van der Waals surface area (Å²) in [6.07, 6.45) is 3.71. The van der Waals surface area contributed by atoms with Gasteiger partial charge in [0.05, 0.1) is 18.1 Å². The fourth-order valence-corrected chi connectivity index (χ4v) is 2.05. The first-order valence-electron chi connectivity index (χ1n) is 5.70. The van der Waals surface area contributed by atoms with Crippen molar-refractivity contribution in [2.75, 3.05) is 12.4 Å². The van der Waals surface area contributed by atoms with Crippen molar-refractivity contribution in [3.63, 3.8) is 0 Å². The van der Waals surface area contributed by atoms with Gasteiger partial charge in [0.25, 0.3) is 0 Å². The smallest absolute Gasteiger partial charge is 0.208 e. The van der Waals surface area contributed by atoms with Crippen LogP contribution in [0, 0.1) is 0 Å². The van der Waals surface area contributed by atoms with E-state index in [4.69, 9.17) is 4.74 Å². The van der Waals surface area contributed by atoms with Gasteiger partial charge in [0, 0.05) is 12.3 Å². The first kappa shape index (κ1) is 10.8. The summed E-state index contributed by atoms with van der Waals surface area (Å²) in [4.78, 5) is 15.8. The summed E-state index contributed by atoms with van der Waals surface area (Å²) in [5, 5.41) is 3.10. The van der Waals surface area contributed by atoms with Crippen LogP contribution in [0.25, 0.3) is 17.2 Å². The zero-order chi connectivity index (χ0) is 12.7. The summed E-state index contributed by atoms with van der Waals surface area (Å²) in [5.74, 6) is 1.52. The van der Waals surface area contributed by atoms with E-state index >= 15 is 0 Å². The fraction of sp³-hybridized carbons (Fsp3) is 0.231. The van der Waals surface area contributed by atoms with Crippen LogP contribution in [-0.2, 0) is 4.79 Å². The molecule has 0 saturated heterocycles. The van der Waals surface area contributed by atoms with Crippen molar-refractivity contribution in [2.24, 2.45) is 0 Å². The van der Waals surface area contributed by atoms with Crippen LogP contribution in [0.15, 0.2) is 24.3 Å². The number of anilines is 1. The molecule has 1 aliphatic rings. The number of methoxy groups -OCH3 is 1. The Balaban J connectivity index is 2.11. The highest BCUT2D eigenvalue weighted by molar-refractivity contribution is 5.90. The van der Waals surface area contributed by atoms with Gasteiger partial charge in [-0.15, -0.1) is 0 Å². The SMILES string of the molecule is COc1ccc2c(c1)nc1n2C=CC(C(C)=O)N1. The Labute approximate surface area is 104 Å². The minimum atomic E-state index is -0.295. The maximum atomic E-state index is 11.4. The topological polar surface area (TPSA) is 56.2 Å². The van der Waals surface area contributed by atoms with Gasteiger partial charge in [-0.3, -0.25) is 9.36 Å². The molecule has 0 spiro atoms. The molecule has 0 fully saturated rings. The van der Waals surface area contributed by atoms with E-state index in [0.29, 0.717) is 5.95 Å². The summed E-state index contributed by atoms with van der Waals surface area (Å²) in [6, 6.07) is 5.42. The summed E-state index contributed by atoms with van der Waals surface area (Å²) in [7, 11) is 1.63. The van der Waals surface area contributed by atoms with Crippen LogP contribution in [0.2, 0.25) is 0 Å². The summed E-state index contributed by atoms with van der Waals surface area (Å²) < 4.78 is 7.10. The predicted octanol–water partition coefficient (Wildman–Crippen LogP) is 1.90. The van der Waals surface area contributed by atoms with E-state index in [-0.39, 0.29) is 11.8 Å². The Morgan fingerprint density at radius 2 is 2.33 bits per heavy atom. The molecule has 1 aromatic heterocycles. The Morgan fingerprint density at radius 3 is 3.06 bits per heavy atom. The molecule has 0 saturated carbocycles. The normalized spacial score (nSPS) is 17.3. The third-order valence-electron chi connectivity index (χ3n) is 3.05. The number of nitrogens with one attached hydrogen (secondary N) is 1. The second-order valence-corrected chi connectivity index (χ2v) is 4.23. The van der Waals surface area contributed by atoms with Crippen LogP contribution >= 0.6 is 0 Å². The highest BCUT2D eigenvalue weighted by Gasteiger charge is 2.19. The maximum Gasteiger partial charge on any atom is 0.208 e. The van der Waals surface area contributed by atoms with Crippen molar-refractivity contribution >= 4 is 29.0 Å². The van der Waals surface area contributed by atoms with Crippen LogP contribution in [0.5, 0.6) is 5.75 Å². The number of nitrogens with zero attached hydrogens (tertiary/aromatic N) is 2. The average molecular weight is 243 g/mol. The molecule has 2 heterocycles. The molecule has 1 unspecified atom stereocenters. The lowest BCUT2D eigenvalue weighted by molar-refractivity contribution is -0.116. The quantitative estimate of drug-likeness (QED) is 0.875. The summed E-state index contributed by atoms with van der Waals surface area (Å²) in [5.41, 5.74) is 1.82. The number of carbonyl (C=O) groups is 1. The molecule has 5 nitrogen and oxygen atoms in total. The van der Waals surface area contributed by atoms with Gasteiger partial charge < -0.3 is 10.1 Å². The van der Waals surface area contributed by atoms with Crippen LogP contribution in [-0.4, -0.2) is 28.5 Å². The number of imidazole rings is 1. The van der Waals surface area contributed by atoms with Crippen molar-refractivity contribution in [1.82, 2.24) is 9.55 Å². The molecule has 0 amide bonds. The van der Waals surface area contributed by atoms with Gasteiger partial charge in [0.1, 0.15) is 11.8 Å². The minimum absolute atomic E-state index is 0.0714. The maximum absolute atomic E-state index is 11.4. The van der Waals surface area contributed by atoms with E-state index in [0.717, 1.165) is 16.8 Å². The van der Waals surface area contributed by atoms with Crippen LogP contribution < -0.4 is 10.1 Å². The van der Waals surface area contributed by atoms with Crippen molar-refractivity contribution in [2.45, 2.75) is 13.0 Å². The number of ketones is 1. The number of Topliss-reactive ketones (excluding diaryl/α,β-unsaturated/α-hetero) is 1. The lowest BCUT2D eigenvalue weighted by Crippen LogP contribution is -2.28. The number of carbonyl (C=O) groups excluding carboxylic acids is 1. The van der Waals surface area contributed by atoms with Gasteiger partial charge in [-0.1, -0.05) is 0 Å². The molecule has 0 bridgehead atoms. The van der Waals surface area contributed by atoms with Crippen LogP contribution in [0.1, 0.15) is 6.92 Å². The van der Waals surface area contributed by atoms with Crippen molar-refractivity contribution < 1.29 is 9.53 Å². The zero-order valence-corrected chi connectivity index (χ0v) is 10.2. The molecule has 1 aliphatic heterocycles. The number of benzene rings is 1. The van der Waals surface area contributed by atoms with Gasteiger partial charge in [0.15, 0.2) is 5.78 Å². The molecule has 1 atom stereocenters. The molecule has 3 rings (SSSR count). The number of aromatic nitrogens is 2. The number of ether oxygens (including phenoxy) is 1. The Morgan fingerprint density at radius 1 is 1.50 bits per heavy atom. The second-order valence-electron chi connectivity index (χ2n) is 4.23. The lowest BCUT2D eigenvalue weighted by atomic mass is 10.2. The molecule has 2 aromatic rings. The molecular weight excluding hydrogens is 230 g/mol. The highest BCUT2D eigenvalue weighted by Crippen LogP contribution is 2.26. The number of rotatable bonds is 2. The van der Waals surface area contributed by atoms with Gasteiger partial charge in [-0.25, -0.2) is 4.98 Å². The Kier molecular flexibility index (Phi) is 2.33. The van der Waals surface area contributed by atoms with E-state index in [1.54, 1.807) is 14.0 Å². The molecule has 1 N–H and O–H groups in total. The number of fused-ring (bicyclic) bond motifs is 3. The van der Waals surface area contributed by atoms with E-state index < -0.39 is 0 Å². The molecule has 1 aromatic carbocycles. The van der Waals surface area contributed by atoms with Crippen LogP contribution in [0.4, 0.5) is 5.95 Å². The standard InChI is InChI=1S/C13H13N3O2/c1-8(17)10-5-6-16-12-4-3-9(18-2)7-11(12)15-13(16)14-10/h3-7,10H,1-2H3,(H,14,15). The molecule has 5 heteroatoms. The third kappa shape index (κ3) is 1.55. The largest absolute Gasteiger partial charge is 0.497 e. The average Bonchev–Trinajstić information content (AvgIpc) is 2.74. The molecule has 92 valence electrons. The zero-order valence-electron chi connectivity index (χ0n) is 10.2. The molecular formula is C13H13N3O2. The summed E-state index contributed by atoms with van der Waals surface area (Å²) in [6.45, 7) is 1.56. The van der Waals surface area contributed by atoms with Crippen LogP contribution in [0.3, 0.4) is 0 Å². The van der Waals surface area contributed by atoms with Gasteiger partial charge in [-0.2, -0.15) is 0 Å². The fourth-order valence-electron chi connectivity index (χ4n) is 2.05. The van der Waals surface area contributed by atoms with E-state index in [9.17, 15) is 4.79 Å². The van der Waals surface area contributed by atoms with Crippen molar-refractivity contribution in [3.8, 4) is 5.75 Å². The third-order valence-corrected chi connectivity index (χ3v) is 3.05. The van der Waals surface area contributed by atoms with Gasteiger partial charge in [0.2, 0.25) is 5.95 Å². The van der Waals surface area contributed by atoms with E-state index in [1.807, 2.05) is 35.0 Å². The summed E-state index contributed by atoms with van der Waals surface area (Å²) >= 11 is 0. The molecule has 18 heavy (non-hydrogen) atoms. The highest BCUT2D eigenvalue weighted by atomic mass is 16.5. The number of hydrogen-bond acceptors (Lipinski definition) is 4. The van der Waals surface area contributed by atoms with E-state index in [2.05, 4.69) is 10.3 Å². The predicted molar refractivity (Wildman–Crippen MR) is 69.7 cm³/mol. The van der Waals surface area contributed by atoms with Gasteiger partial charge in [-0.05, 0) is 25.1 Å². The minimum Gasteiger partial charge on any atom is -0.497 e. The number of hydrogen-bond donors (Lipinski definition) is 1. The first-order chi connectivity index (χ1) is 8.69. The lowest BCUT2D eigenvalue weighted by Gasteiger charge is -2.17. The monoisotopic (exact) mass is 243 g/mol.